The SMILES string of the molecule is Cc1cccc(C(CO)COc2ccccc2F)c1. The lowest BCUT2D eigenvalue weighted by atomic mass is 9.99. The molecule has 0 heterocycles. The minimum absolute atomic E-state index is 0.0299. The average molecular weight is 260 g/mol. The van der Waals surface area contributed by atoms with Crippen molar-refractivity contribution in [2.24, 2.45) is 0 Å². The van der Waals surface area contributed by atoms with E-state index >= 15 is 0 Å². The lowest BCUT2D eigenvalue weighted by Gasteiger charge is -2.16. The number of benzene rings is 2. The average Bonchev–Trinajstić information content (AvgIpc) is 2.41. The number of aryl methyl sites for hydroxylation is 1. The molecular formula is C16H17FO2. The molecule has 1 atom stereocenters. The molecule has 0 aromatic heterocycles. The summed E-state index contributed by atoms with van der Waals surface area (Å²) >= 11 is 0. The first-order chi connectivity index (χ1) is 9.20. The van der Waals surface area contributed by atoms with Crippen LogP contribution in [0.5, 0.6) is 5.75 Å². The molecule has 0 saturated heterocycles. The summed E-state index contributed by atoms with van der Waals surface area (Å²) in [4.78, 5) is 0. The molecule has 1 N–H and O–H groups in total. The molecule has 0 aliphatic carbocycles. The highest BCUT2D eigenvalue weighted by atomic mass is 19.1. The first kappa shape index (κ1) is 13.6. The van der Waals surface area contributed by atoms with Gasteiger partial charge >= 0.3 is 0 Å². The van der Waals surface area contributed by atoms with E-state index in [1.54, 1.807) is 18.2 Å². The smallest absolute Gasteiger partial charge is 0.165 e. The lowest BCUT2D eigenvalue weighted by molar-refractivity contribution is 0.201. The van der Waals surface area contributed by atoms with Crippen molar-refractivity contribution in [3.05, 3.63) is 65.5 Å². The molecule has 0 fully saturated rings. The number of hydrogen-bond donors (Lipinski definition) is 1. The molecule has 0 spiro atoms. The van der Waals surface area contributed by atoms with Gasteiger partial charge in [-0.15, -0.1) is 0 Å². The fraction of sp³-hybridized carbons (Fsp3) is 0.250. The summed E-state index contributed by atoms with van der Waals surface area (Å²) in [6.45, 7) is 2.22. The summed E-state index contributed by atoms with van der Waals surface area (Å²) in [7, 11) is 0. The maximum Gasteiger partial charge on any atom is 0.165 e. The summed E-state index contributed by atoms with van der Waals surface area (Å²) in [5.41, 5.74) is 2.13. The molecule has 0 radical (unpaired) electrons. The summed E-state index contributed by atoms with van der Waals surface area (Å²) in [5.74, 6) is -0.323. The number of para-hydroxylation sites is 1. The van der Waals surface area contributed by atoms with E-state index in [4.69, 9.17) is 4.74 Å². The van der Waals surface area contributed by atoms with E-state index in [0.717, 1.165) is 11.1 Å². The molecule has 0 bridgehead atoms. The molecule has 2 rings (SSSR count). The Kier molecular flexibility index (Phi) is 4.53. The van der Waals surface area contributed by atoms with Gasteiger partial charge in [0.2, 0.25) is 0 Å². The van der Waals surface area contributed by atoms with Crippen molar-refractivity contribution in [1.82, 2.24) is 0 Å². The maximum absolute atomic E-state index is 13.4. The van der Waals surface area contributed by atoms with Gasteiger partial charge in [-0.25, -0.2) is 4.39 Å². The zero-order valence-corrected chi connectivity index (χ0v) is 10.8. The van der Waals surface area contributed by atoms with Crippen LogP contribution in [-0.4, -0.2) is 18.3 Å². The minimum atomic E-state index is -0.386. The van der Waals surface area contributed by atoms with Gasteiger partial charge in [-0.1, -0.05) is 42.0 Å². The summed E-state index contributed by atoms with van der Waals surface area (Å²) in [5, 5.41) is 9.44. The standard InChI is InChI=1S/C16H17FO2/c1-12-5-4-6-13(9-12)14(10-18)11-19-16-8-3-2-7-15(16)17/h2-9,14,18H,10-11H2,1H3. The van der Waals surface area contributed by atoms with E-state index in [1.165, 1.54) is 6.07 Å². The van der Waals surface area contributed by atoms with E-state index in [2.05, 4.69) is 0 Å². The zero-order valence-electron chi connectivity index (χ0n) is 10.8. The van der Waals surface area contributed by atoms with Gasteiger partial charge in [0.15, 0.2) is 11.6 Å². The van der Waals surface area contributed by atoms with E-state index < -0.39 is 0 Å². The predicted molar refractivity (Wildman–Crippen MR) is 72.9 cm³/mol. The molecule has 19 heavy (non-hydrogen) atoms. The Morgan fingerprint density at radius 1 is 1.16 bits per heavy atom. The zero-order chi connectivity index (χ0) is 13.7. The molecule has 0 saturated carbocycles. The Morgan fingerprint density at radius 3 is 2.63 bits per heavy atom. The van der Waals surface area contributed by atoms with Crippen LogP contribution in [0, 0.1) is 12.7 Å². The second-order valence-corrected chi connectivity index (χ2v) is 4.54. The molecule has 100 valence electrons. The van der Waals surface area contributed by atoms with Gasteiger partial charge in [-0.3, -0.25) is 0 Å². The highest BCUT2D eigenvalue weighted by Gasteiger charge is 2.12. The quantitative estimate of drug-likeness (QED) is 0.894. The molecule has 0 aliphatic rings. The number of aliphatic hydroxyl groups excluding tert-OH is 1. The second-order valence-electron chi connectivity index (χ2n) is 4.54. The third-order valence-electron chi connectivity index (χ3n) is 3.01. The Hall–Kier alpha value is -1.87. The number of hydrogen-bond acceptors (Lipinski definition) is 2. The van der Waals surface area contributed by atoms with Gasteiger partial charge in [-0.2, -0.15) is 0 Å². The van der Waals surface area contributed by atoms with E-state index in [-0.39, 0.29) is 30.7 Å². The first-order valence-corrected chi connectivity index (χ1v) is 6.25. The van der Waals surface area contributed by atoms with Crippen molar-refractivity contribution >= 4 is 0 Å². The molecule has 0 aliphatic heterocycles. The topological polar surface area (TPSA) is 29.5 Å². The molecular weight excluding hydrogens is 243 g/mol. The van der Waals surface area contributed by atoms with E-state index in [9.17, 15) is 9.50 Å². The van der Waals surface area contributed by atoms with Crippen LogP contribution in [0.2, 0.25) is 0 Å². The van der Waals surface area contributed by atoms with Crippen molar-refractivity contribution in [3.8, 4) is 5.75 Å². The fourth-order valence-electron chi connectivity index (χ4n) is 1.93. The minimum Gasteiger partial charge on any atom is -0.490 e. The Bertz CT molecular complexity index is 540. The third kappa shape index (κ3) is 3.55. The van der Waals surface area contributed by atoms with Gasteiger partial charge < -0.3 is 9.84 Å². The van der Waals surface area contributed by atoms with Crippen LogP contribution in [-0.2, 0) is 0 Å². The molecule has 2 aromatic rings. The highest BCUT2D eigenvalue weighted by Crippen LogP contribution is 2.21. The van der Waals surface area contributed by atoms with Crippen molar-refractivity contribution in [1.29, 1.82) is 0 Å². The van der Waals surface area contributed by atoms with Gasteiger partial charge in [0, 0.05) is 5.92 Å². The molecule has 3 heteroatoms. The van der Waals surface area contributed by atoms with Crippen molar-refractivity contribution in [3.63, 3.8) is 0 Å². The largest absolute Gasteiger partial charge is 0.490 e. The van der Waals surface area contributed by atoms with Crippen LogP contribution < -0.4 is 4.74 Å². The Labute approximate surface area is 112 Å². The Balaban J connectivity index is 2.06. The summed E-state index contributed by atoms with van der Waals surface area (Å²) in [6.07, 6.45) is 0. The second kappa shape index (κ2) is 6.34. The predicted octanol–water partition coefficient (Wildman–Crippen LogP) is 3.29. The van der Waals surface area contributed by atoms with Crippen LogP contribution in [0.15, 0.2) is 48.5 Å². The van der Waals surface area contributed by atoms with Gasteiger partial charge in [-0.05, 0) is 24.6 Å². The monoisotopic (exact) mass is 260 g/mol. The highest BCUT2D eigenvalue weighted by molar-refractivity contribution is 5.27. The third-order valence-corrected chi connectivity index (χ3v) is 3.01. The van der Waals surface area contributed by atoms with Crippen LogP contribution in [0.3, 0.4) is 0 Å². The first-order valence-electron chi connectivity index (χ1n) is 6.25. The molecule has 1 unspecified atom stereocenters. The molecule has 2 nitrogen and oxygen atoms in total. The normalized spacial score (nSPS) is 12.2. The van der Waals surface area contributed by atoms with Gasteiger partial charge in [0.05, 0.1) is 13.2 Å². The van der Waals surface area contributed by atoms with Crippen molar-refractivity contribution in [2.45, 2.75) is 12.8 Å². The van der Waals surface area contributed by atoms with Gasteiger partial charge in [0.1, 0.15) is 0 Å². The number of aliphatic hydroxyl groups is 1. The van der Waals surface area contributed by atoms with E-state index in [1.807, 2.05) is 31.2 Å². The van der Waals surface area contributed by atoms with Crippen LogP contribution >= 0.6 is 0 Å². The number of halogens is 1. The van der Waals surface area contributed by atoms with E-state index in [0.29, 0.717) is 0 Å². The molecule has 2 aromatic carbocycles. The lowest BCUT2D eigenvalue weighted by Crippen LogP contribution is -2.14. The van der Waals surface area contributed by atoms with Crippen LogP contribution in [0.4, 0.5) is 4.39 Å². The Morgan fingerprint density at radius 2 is 1.95 bits per heavy atom. The number of ether oxygens (including phenoxy) is 1. The summed E-state index contributed by atoms with van der Waals surface area (Å²) in [6, 6.07) is 14.2. The molecule has 0 amide bonds. The van der Waals surface area contributed by atoms with Crippen molar-refractivity contribution in [2.75, 3.05) is 13.2 Å². The van der Waals surface area contributed by atoms with Crippen LogP contribution in [0.25, 0.3) is 0 Å². The number of rotatable bonds is 5. The maximum atomic E-state index is 13.4. The van der Waals surface area contributed by atoms with Gasteiger partial charge in [0.25, 0.3) is 0 Å². The summed E-state index contributed by atoms with van der Waals surface area (Å²) < 4.78 is 18.9. The van der Waals surface area contributed by atoms with Crippen LogP contribution in [0.1, 0.15) is 17.0 Å². The fourth-order valence-corrected chi connectivity index (χ4v) is 1.93. The van der Waals surface area contributed by atoms with Crippen molar-refractivity contribution < 1.29 is 14.2 Å².